The lowest BCUT2D eigenvalue weighted by Gasteiger charge is -2.31. The van der Waals surface area contributed by atoms with Gasteiger partial charge in [-0.05, 0) is 56.4 Å². The van der Waals surface area contributed by atoms with Crippen molar-refractivity contribution in [2.24, 2.45) is 11.8 Å². The summed E-state index contributed by atoms with van der Waals surface area (Å²) in [5.41, 5.74) is 2.29. The predicted molar refractivity (Wildman–Crippen MR) is 177 cm³/mol. The zero-order valence-corrected chi connectivity index (χ0v) is 28.2. The largest absolute Gasteiger partial charge is 0.443 e. The van der Waals surface area contributed by atoms with Crippen LogP contribution in [0.15, 0.2) is 59.6 Å². The molecular formula is C34H46N4O8S. The number of hydrogen-bond acceptors (Lipinski definition) is 9. The van der Waals surface area contributed by atoms with Gasteiger partial charge in [0.05, 0.1) is 41.7 Å². The topological polar surface area (TPSA) is 147 Å². The smallest absolute Gasteiger partial charge is 0.407 e. The molecule has 3 aliphatic rings. The number of sulfonamides is 1. The zero-order chi connectivity index (χ0) is 33.7. The number of nitrogens with zero attached hydrogens (tertiary/aromatic N) is 2. The Morgan fingerprint density at radius 1 is 1.13 bits per heavy atom. The first kappa shape index (κ1) is 34.8. The highest BCUT2D eigenvalue weighted by atomic mass is 32.2. The van der Waals surface area contributed by atoms with Crippen LogP contribution in [0, 0.1) is 11.8 Å². The standard InChI is InChI=1S/C34H46N4O8S/c1-5-37(6-2)19-27-26-17-24(12-13-28(26)35-32(27)40)47(42,43)38(18-22(3)4)20-30(39)29(16-23-10-8-7-9-11-23)36-34(41)46-31-21-45-33-25(31)14-15-44-33/h7-13,17,19,22,25,29-31,33,39H,5-6,14-16,18,20-21H2,1-4H3,(H,35,40)(H,36,41)/b27-19-/t25?,29-,30+,31-,33?/m0/s1. The Bertz CT molecular complexity index is 1550. The molecule has 13 heteroatoms. The quantitative estimate of drug-likeness (QED) is 0.257. The van der Waals surface area contributed by atoms with Gasteiger partial charge in [0, 0.05) is 43.6 Å². The molecule has 2 fully saturated rings. The van der Waals surface area contributed by atoms with E-state index in [1.165, 1.54) is 16.4 Å². The molecule has 5 atom stereocenters. The second-order valence-corrected chi connectivity index (χ2v) is 14.6. The fourth-order valence-corrected chi connectivity index (χ4v) is 7.88. The number of rotatable bonds is 14. The molecule has 0 aliphatic carbocycles. The van der Waals surface area contributed by atoms with Gasteiger partial charge in [-0.2, -0.15) is 4.31 Å². The third kappa shape index (κ3) is 8.15. The number of benzene rings is 2. The summed E-state index contributed by atoms with van der Waals surface area (Å²) in [7, 11) is -4.14. The molecule has 0 saturated carbocycles. The maximum absolute atomic E-state index is 14.2. The van der Waals surface area contributed by atoms with Crippen LogP contribution in [0.1, 0.15) is 45.2 Å². The van der Waals surface area contributed by atoms with Gasteiger partial charge in [-0.3, -0.25) is 4.79 Å². The van der Waals surface area contributed by atoms with Crippen molar-refractivity contribution in [1.29, 1.82) is 0 Å². The Labute approximate surface area is 277 Å². The molecule has 0 radical (unpaired) electrons. The monoisotopic (exact) mass is 670 g/mol. The molecular weight excluding hydrogens is 624 g/mol. The lowest BCUT2D eigenvalue weighted by atomic mass is 10.0. The molecule has 0 spiro atoms. The number of amides is 2. The molecule has 47 heavy (non-hydrogen) atoms. The van der Waals surface area contributed by atoms with E-state index >= 15 is 0 Å². The minimum absolute atomic E-state index is 0.00703. The predicted octanol–water partition coefficient (Wildman–Crippen LogP) is 3.43. The molecule has 12 nitrogen and oxygen atoms in total. The number of alkyl carbamates (subject to hydrolysis) is 1. The van der Waals surface area contributed by atoms with Crippen molar-refractivity contribution in [2.75, 3.05) is 44.7 Å². The lowest BCUT2D eigenvalue weighted by molar-refractivity contribution is -0.110. The Balaban J connectivity index is 1.38. The van der Waals surface area contributed by atoms with Gasteiger partial charge < -0.3 is 34.9 Å². The van der Waals surface area contributed by atoms with E-state index in [0.717, 1.165) is 12.0 Å². The number of hydrogen-bond donors (Lipinski definition) is 3. The van der Waals surface area contributed by atoms with Crippen molar-refractivity contribution >= 4 is 33.3 Å². The first-order valence-corrected chi connectivity index (χ1v) is 17.8. The van der Waals surface area contributed by atoms with E-state index in [9.17, 15) is 23.1 Å². The normalized spacial score (nSPS) is 22.7. The highest BCUT2D eigenvalue weighted by Crippen LogP contribution is 2.35. The van der Waals surface area contributed by atoms with E-state index in [1.807, 2.05) is 62.9 Å². The summed E-state index contributed by atoms with van der Waals surface area (Å²) in [6, 6.07) is 13.1. The Kier molecular flexibility index (Phi) is 11.2. The van der Waals surface area contributed by atoms with Crippen LogP contribution in [-0.2, 0) is 35.4 Å². The number of carbonyl (C=O) groups excluding carboxylic acids is 2. The van der Waals surface area contributed by atoms with E-state index in [0.29, 0.717) is 36.5 Å². The Hall–Kier alpha value is -3.49. The lowest BCUT2D eigenvalue weighted by Crippen LogP contribution is -2.51. The molecule has 3 N–H and O–H groups in total. The summed E-state index contributed by atoms with van der Waals surface area (Å²) >= 11 is 0. The summed E-state index contributed by atoms with van der Waals surface area (Å²) in [6.07, 6.45) is -0.136. The third-order valence-electron chi connectivity index (χ3n) is 8.81. The summed E-state index contributed by atoms with van der Waals surface area (Å²) < 4.78 is 46.5. The minimum atomic E-state index is -4.14. The molecule has 256 valence electrons. The summed E-state index contributed by atoms with van der Waals surface area (Å²) in [6.45, 7) is 9.74. The van der Waals surface area contributed by atoms with E-state index < -0.39 is 34.4 Å². The van der Waals surface area contributed by atoms with Crippen LogP contribution < -0.4 is 10.6 Å². The van der Waals surface area contributed by atoms with Crippen LogP contribution >= 0.6 is 0 Å². The van der Waals surface area contributed by atoms with Crippen molar-refractivity contribution in [3.8, 4) is 0 Å². The zero-order valence-electron chi connectivity index (χ0n) is 27.4. The highest BCUT2D eigenvalue weighted by Gasteiger charge is 2.44. The third-order valence-corrected chi connectivity index (χ3v) is 10.6. The van der Waals surface area contributed by atoms with Gasteiger partial charge in [-0.25, -0.2) is 13.2 Å². The molecule has 2 saturated heterocycles. The molecule has 3 heterocycles. The second-order valence-electron chi connectivity index (χ2n) is 12.6. The van der Waals surface area contributed by atoms with E-state index in [4.69, 9.17) is 14.2 Å². The highest BCUT2D eigenvalue weighted by molar-refractivity contribution is 7.89. The SMILES string of the molecule is CCN(/C=C1\C(=O)Nc2ccc(S(=O)(=O)N(CC(C)C)C[C@@H](O)[C@H](Cc3ccccc3)NC(=O)O[C@H]3COC4OCCC43)cc21)CC. The Morgan fingerprint density at radius 3 is 2.57 bits per heavy atom. The molecule has 2 unspecified atom stereocenters. The Morgan fingerprint density at radius 2 is 1.87 bits per heavy atom. The van der Waals surface area contributed by atoms with Gasteiger partial charge >= 0.3 is 6.09 Å². The molecule has 0 aromatic heterocycles. The van der Waals surface area contributed by atoms with Crippen molar-refractivity contribution in [3.63, 3.8) is 0 Å². The van der Waals surface area contributed by atoms with Crippen molar-refractivity contribution in [3.05, 3.63) is 65.9 Å². The van der Waals surface area contributed by atoms with Crippen LogP contribution in [0.25, 0.3) is 5.57 Å². The summed E-state index contributed by atoms with van der Waals surface area (Å²) in [5, 5.41) is 17.2. The minimum Gasteiger partial charge on any atom is -0.443 e. The van der Waals surface area contributed by atoms with Crippen LogP contribution in [0.4, 0.5) is 10.5 Å². The second kappa shape index (κ2) is 15.2. The fourth-order valence-electron chi connectivity index (χ4n) is 6.23. The molecule has 3 aliphatic heterocycles. The summed E-state index contributed by atoms with van der Waals surface area (Å²) in [4.78, 5) is 27.9. The first-order chi connectivity index (χ1) is 22.5. The number of nitrogens with one attached hydrogen (secondary N) is 2. The number of anilines is 1. The van der Waals surface area contributed by atoms with Gasteiger partial charge in [0.2, 0.25) is 10.0 Å². The number of fused-ring (bicyclic) bond motifs is 2. The van der Waals surface area contributed by atoms with Crippen molar-refractivity contribution in [1.82, 2.24) is 14.5 Å². The fraction of sp³-hybridized carbons (Fsp3) is 0.529. The van der Waals surface area contributed by atoms with Crippen LogP contribution in [0.2, 0.25) is 0 Å². The van der Waals surface area contributed by atoms with Gasteiger partial charge in [0.15, 0.2) is 6.29 Å². The number of aliphatic hydroxyl groups excluding tert-OH is 1. The molecule has 2 aromatic rings. The average Bonchev–Trinajstić information content (AvgIpc) is 3.74. The van der Waals surface area contributed by atoms with Crippen molar-refractivity contribution in [2.45, 2.75) is 70.0 Å². The molecule has 0 bridgehead atoms. The van der Waals surface area contributed by atoms with E-state index in [2.05, 4.69) is 10.6 Å². The maximum Gasteiger partial charge on any atom is 0.407 e. The number of aliphatic hydroxyl groups is 1. The van der Waals surface area contributed by atoms with Gasteiger partial charge in [0.1, 0.15) is 6.10 Å². The average molecular weight is 671 g/mol. The van der Waals surface area contributed by atoms with E-state index in [-0.39, 0.29) is 55.0 Å². The molecule has 2 aromatic carbocycles. The summed E-state index contributed by atoms with van der Waals surface area (Å²) in [5.74, 6) is -0.412. The van der Waals surface area contributed by atoms with Crippen molar-refractivity contribution < 1.29 is 37.3 Å². The van der Waals surface area contributed by atoms with Crippen LogP contribution in [0.5, 0.6) is 0 Å². The van der Waals surface area contributed by atoms with Crippen LogP contribution in [-0.4, -0.2) is 98.7 Å². The van der Waals surface area contributed by atoms with Gasteiger partial charge in [-0.1, -0.05) is 44.2 Å². The van der Waals surface area contributed by atoms with E-state index in [1.54, 1.807) is 12.3 Å². The maximum atomic E-state index is 14.2. The van der Waals surface area contributed by atoms with Crippen LogP contribution in [0.3, 0.4) is 0 Å². The molecule has 5 rings (SSSR count). The number of ether oxygens (including phenoxy) is 3. The number of carbonyl (C=O) groups is 2. The first-order valence-electron chi connectivity index (χ1n) is 16.3. The van der Waals surface area contributed by atoms with Gasteiger partial charge in [-0.15, -0.1) is 0 Å². The molecule has 2 amide bonds. The van der Waals surface area contributed by atoms with Gasteiger partial charge in [0.25, 0.3) is 5.91 Å².